The van der Waals surface area contributed by atoms with Crippen molar-refractivity contribution in [3.8, 4) is 5.75 Å². The summed E-state index contributed by atoms with van der Waals surface area (Å²) >= 11 is 0. The zero-order valence-corrected chi connectivity index (χ0v) is 12.4. The molecule has 1 aromatic heterocycles. The number of hydrogen-bond acceptors (Lipinski definition) is 4. The van der Waals surface area contributed by atoms with E-state index in [-0.39, 0.29) is 5.78 Å². The summed E-state index contributed by atoms with van der Waals surface area (Å²) in [6.45, 7) is 0.457. The Morgan fingerprint density at radius 3 is 2.76 bits per heavy atom. The molecule has 5 heteroatoms. The first-order chi connectivity index (χ1) is 10.1. The quantitative estimate of drug-likeness (QED) is 0.604. The molecule has 0 N–H and O–H groups in total. The number of benzene rings is 1. The molecular formula is C16H18N2O3. The van der Waals surface area contributed by atoms with E-state index in [1.807, 2.05) is 18.2 Å². The number of carbonyl (C=O) groups excluding carboxylic acids is 1. The van der Waals surface area contributed by atoms with Crippen molar-refractivity contribution in [2.24, 2.45) is 7.05 Å². The summed E-state index contributed by atoms with van der Waals surface area (Å²) < 4.78 is 12.0. The number of ether oxygens (including phenoxy) is 2. The Morgan fingerprint density at radius 2 is 2.14 bits per heavy atom. The number of ketones is 1. The van der Waals surface area contributed by atoms with Crippen LogP contribution in [0.25, 0.3) is 6.08 Å². The minimum Gasteiger partial charge on any atom is -0.496 e. The Kier molecular flexibility index (Phi) is 4.90. The summed E-state index contributed by atoms with van der Waals surface area (Å²) in [4.78, 5) is 12.0. The second-order valence-corrected chi connectivity index (χ2v) is 4.58. The van der Waals surface area contributed by atoms with Gasteiger partial charge in [0.2, 0.25) is 5.78 Å². The molecular weight excluding hydrogens is 268 g/mol. The van der Waals surface area contributed by atoms with Crippen molar-refractivity contribution in [3.05, 3.63) is 53.4 Å². The molecule has 1 aromatic carbocycles. The third-order valence-electron chi connectivity index (χ3n) is 3.00. The zero-order chi connectivity index (χ0) is 15.2. The van der Waals surface area contributed by atoms with E-state index in [1.165, 1.54) is 6.08 Å². The number of aromatic nitrogens is 2. The van der Waals surface area contributed by atoms with Crippen LogP contribution in [0.3, 0.4) is 0 Å². The Morgan fingerprint density at radius 1 is 1.33 bits per heavy atom. The Hall–Kier alpha value is -2.40. The highest BCUT2D eigenvalue weighted by Gasteiger charge is 2.06. The average Bonchev–Trinajstić information content (AvgIpc) is 2.92. The minimum atomic E-state index is -0.125. The summed E-state index contributed by atoms with van der Waals surface area (Å²) in [5.74, 6) is 0.643. The maximum absolute atomic E-state index is 12.0. The Balaban J connectivity index is 2.17. The molecule has 21 heavy (non-hydrogen) atoms. The molecule has 0 fully saturated rings. The maximum atomic E-state index is 12.0. The monoisotopic (exact) mass is 286 g/mol. The molecule has 0 aliphatic heterocycles. The highest BCUT2D eigenvalue weighted by molar-refractivity contribution is 6.05. The first kappa shape index (κ1) is 15.0. The van der Waals surface area contributed by atoms with Gasteiger partial charge in [-0.3, -0.25) is 9.48 Å². The molecule has 110 valence electrons. The summed E-state index contributed by atoms with van der Waals surface area (Å²) in [6.07, 6.45) is 5.02. The summed E-state index contributed by atoms with van der Waals surface area (Å²) in [5, 5.41) is 4.07. The van der Waals surface area contributed by atoms with E-state index in [1.54, 1.807) is 44.3 Å². The van der Waals surface area contributed by atoms with Gasteiger partial charge in [-0.05, 0) is 29.8 Å². The Bertz CT molecular complexity index is 659. The molecule has 0 saturated carbocycles. The fraction of sp³-hybridized carbons (Fsp3) is 0.250. The van der Waals surface area contributed by atoms with Gasteiger partial charge in [0.05, 0.1) is 13.7 Å². The second kappa shape index (κ2) is 6.85. The fourth-order valence-electron chi connectivity index (χ4n) is 1.97. The smallest absolute Gasteiger partial charge is 0.206 e. The van der Waals surface area contributed by atoms with E-state index in [9.17, 15) is 4.79 Å². The van der Waals surface area contributed by atoms with Crippen LogP contribution in [0.1, 0.15) is 21.6 Å². The van der Waals surface area contributed by atoms with E-state index >= 15 is 0 Å². The van der Waals surface area contributed by atoms with E-state index in [0.29, 0.717) is 12.3 Å². The van der Waals surface area contributed by atoms with Gasteiger partial charge in [-0.25, -0.2) is 0 Å². The van der Waals surface area contributed by atoms with Crippen LogP contribution in [-0.2, 0) is 18.4 Å². The summed E-state index contributed by atoms with van der Waals surface area (Å²) in [6, 6.07) is 7.38. The van der Waals surface area contributed by atoms with Gasteiger partial charge in [0.15, 0.2) is 0 Å². The molecule has 0 bridgehead atoms. The van der Waals surface area contributed by atoms with Crippen LogP contribution in [0.4, 0.5) is 0 Å². The van der Waals surface area contributed by atoms with Crippen molar-refractivity contribution in [2.75, 3.05) is 14.2 Å². The number of methoxy groups -OCH3 is 2. The van der Waals surface area contributed by atoms with E-state index < -0.39 is 0 Å². The van der Waals surface area contributed by atoms with Crippen molar-refractivity contribution in [3.63, 3.8) is 0 Å². The van der Waals surface area contributed by atoms with Crippen LogP contribution in [0.15, 0.2) is 36.5 Å². The topological polar surface area (TPSA) is 53.4 Å². The minimum absolute atomic E-state index is 0.125. The number of rotatable bonds is 6. The van der Waals surface area contributed by atoms with Gasteiger partial charge < -0.3 is 9.47 Å². The highest BCUT2D eigenvalue weighted by Crippen LogP contribution is 2.21. The van der Waals surface area contributed by atoms with Gasteiger partial charge in [-0.2, -0.15) is 5.10 Å². The zero-order valence-electron chi connectivity index (χ0n) is 12.4. The third kappa shape index (κ3) is 3.79. The van der Waals surface area contributed by atoms with Crippen LogP contribution < -0.4 is 4.74 Å². The Labute approximate surface area is 123 Å². The molecule has 0 spiro atoms. The van der Waals surface area contributed by atoms with Crippen molar-refractivity contribution >= 4 is 11.9 Å². The second-order valence-electron chi connectivity index (χ2n) is 4.58. The molecule has 2 aromatic rings. The molecule has 0 radical (unpaired) electrons. The van der Waals surface area contributed by atoms with Crippen LogP contribution in [0.2, 0.25) is 0 Å². The standard InChI is InChI=1S/C16H18N2O3/c1-18-9-8-14(17-18)15(19)6-4-12-5-7-16(21-3)13(10-12)11-20-2/h4-10H,11H2,1-3H3. The van der Waals surface area contributed by atoms with Gasteiger partial charge in [0.25, 0.3) is 0 Å². The fourth-order valence-corrected chi connectivity index (χ4v) is 1.97. The number of hydrogen-bond donors (Lipinski definition) is 0. The summed E-state index contributed by atoms with van der Waals surface area (Å²) in [5.41, 5.74) is 2.28. The predicted molar refractivity (Wildman–Crippen MR) is 80.3 cm³/mol. The van der Waals surface area contributed by atoms with Crippen LogP contribution >= 0.6 is 0 Å². The summed E-state index contributed by atoms with van der Waals surface area (Å²) in [7, 11) is 5.03. The van der Waals surface area contributed by atoms with E-state index in [0.717, 1.165) is 16.9 Å². The van der Waals surface area contributed by atoms with E-state index in [4.69, 9.17) is 9.47 Å². The molecule has 1 heterocycles. The normalized spacial score (nSPS) is 11.0. The SMILES string of the molecule is COCc1cc(C=CC(=O)c2ccn(C)n2)ccc1OC. The molecule has 2 rings (SSSR count). The van der Waals surface area contributed by atoms with Crippen LogP contribution in [0, 0.1) is 0 Å². The first-order valence-electron chi connectivity index (χ1n) is 6.52. The molecule has 0 aliphatic carbocycles. The molecule has 0 unspecified atom stereocenters. The first-order valence-corrected chi connectivity index (χ1v) is 6.52. The molecule has 0 saturated heterocycles. The van der Waals surface area contributed by atoms with Gasteiger partial charge in [0.1, 0.15) is 11.4 Å². The van der Waals surface area contributed by atoms with Crippen molar-refractivity contribution < 1.29 is 14.3 Å². The molecule has 0 atom stereocenters. The van der Waals surface area contributed by atoms with Crippen LogP contribution in [-0.4, -0.2) is 29.8 Å². The maximum Gasteiger partial charge on any atom is 0.206 e. The highest BCUT2D eigenvalue weighted by atomic mass is 16.5. The lowest BCUT2D eigenvalue weighted by molar-refractivity contribution is 0.104. The van der Waals surface area contributed by atoms with Crippen molar-refractivity contribution in [1.82, 2.24) is 9.78 Å². The van der Waals surface area contributed by atoms with E-state index in [2.05, 4.69) is 5.10 Å². The molecule has 5 nitrogen and oxygen atoms in total. The number of allylic oxidation sites excluding steroid dienone is 1. The average molecular weight is 286 g/mol. The van der Waals surface area contributed by atoms with Gasteiger partial charge in [-0.1, -0.05) is 12.1 Å². The van der Waals surface area contributed by atoms with Crippen LogP contribution in [0.5, 0.6) is 5.75 Å². The third-order valence-corrected chi connectivity index (χ3v) is 3.00. The lowest BCUT2D eigenvalue weighted by Gasteiger charge is -2.08. The van der Waals surface area contributed by atoms with Crippen molar-refractivity contribution in [1.29, 1.82) is 0 Å². The van der Waals surface area contributed by atoms with Gasteiger partial charge >= 0.3 is 0 Å². The number of carbonyl (C=O) groups is 1. The lowest BCUT2D eigenvalue weighted by atomic mass is 10.1. The largest absolute Gasteiger partial charge is 0.496 e. The van der Waals surface area contributed by atoms with Gasteiger partial charge in [-0.15, -0.1) is 0 Å². The molecule has 0 aliphatic rings. The number of nitrogens with zero attached hydrogens (tertiary/aromatic N) is 2. The molecule has 0 amide bonds. The van der Waals surface area contributed by atoms with Gasteiger partial charge in [0, 0.05) is 25.9 Å². The lowest BCUT2D eigenvalue weighted by Crippen LogP contribution is -1.98. The van der Waals surface area contributed by atoms with Crippen molar-refractivity contribution in [2.45, 2.75) is 6.61 Å². The predicted octanol–water partition coefficient (Wildman–Crippen LogP) is 2.47. The number of aryl methyl sites for hydroxylation is 1.